The molecule has 0 aliphatic rings. The topological polar surface area (TPSA) is 26.3 Å². The van der Waals surface area contributed by atoms with Gasteiger partial charge in [-0.1, -0.05) is 29.8 Å². The van der Waals surface area contributed by atoms with Gasteiger partial charge in [0.1, 0.15) is 0 Å². The molecule has 136 valence electrons. The van der Waals surface area contributed by atoms with Crippen molar-refractivity contribution in [2.24, 2.45) is 0 Å². The van der Waals surface area contributed by atoms with Crippen molar-refractivity contribution in [1.82, 2.24) is 0 Å². The molecule has 0 fully saturated rings. The number of carbonyl (C=O) groups excluding carboxylic acids is 1. The third-order valence-corrected chi connectivity index (χ3v) is 3.33. The van der Waals surface area contributed by atoms with E-state index in [0.717, 1.165) is 0 Å². The SMILES string of the molecule is CCOC(=O)C(CC(F)(F)C(F)(F)C(F)(F)F)c1ccc(C)cc1. The largest absolute Gasteiger partial charge is 0.466 e. The van der Waals surface area contributed by atoms with Gasteiger partial charge in [0.05, 0.1) is 12.5 Å². The third kappa shape index (κ3) is 4.18. The Morgan fingerprint density at radius 1 is 1.04 bits per heavy atom. The summed E-state index contributed by atoms with van der Waals surface area (Å²) in [5.74, 6) is -15.0. The first-order chi connectivity index (χ1) is 10.8. The van der Waals surface area contributed by atoms with Crippen LogP contribution in [0.4, 0.5) is 30.7 Å². The van der Waals surface area contributed by atoms with Gasteiger partial charge in [-0.05, 0) is 19.4 Å². The van der Waals surface area contributed by atoms with Crippen molar-refractivity contribution >= 4 is 5.97 Å². The second-order valence-corrected chi connectivity index (χ2v) is 5.20. The number of ether oxygens (including phenoxy) is 1. The molecule has 9 heteroatoms. The summed E-state index contributed by atoms with van der Waals surface area (Å²) in [6, 6.07) is 5.25. The third-order valence-electron chi connectivity index (χ3n) is 3.33. The zero-order valence-corrected chi connectivity index (χ0v) is 12.8. The van der Waals surface area contributed by atoms with Gasteiger partial charge in [-0.3, -0.25) is 4.79 Å². The van der Waals surface area contributed by atoms with Gasteiger partial charge in [-0.15, -0.1) is 0 Å². The van der Waals surface area contributed by atoms with E-state index in [1.807, 2.05) is 0 Å². The highest BCUT2D eigenvalue weighted by Gasteiger charge is 2.73. The van der Waals surface area contributed by atoms with Crippen LogP contribution in [0.5, 0.6) is 0 Å². The van der Waals surface area contributed by atoms with E-state index in [4.69, 9.17) is 0 Å². The Morgan fingerprint density at radius 2 is 1.54 bits per heavy atom. The lowest BCUT2D eigenvalue weighted by Crippen LogP contribution is -2.52. The summed E-state index contributed by atoms with van der Waals surface area (Å²) < 4.78 is 94.7. The fourth-order valence-electron chi connectivity index (χ4n) is 1.97. The maximum Gasteiger partial charge on any atom is 0.459 e. The van der Waals surface area contributed by atoms with E-state index in [0.29, 0.717) is 5.56 Å². The Morgan fingerprint density at radius 3 is 1.96 bits per heavy atom. The molecule has 0 saturated heterocycles. The summed E-state index contributed by atoms with van der Waals surface area (Å²) in [4.78, 5) is 11.8. The maximum absolute atomic E-state index is 13.6. The quantitative estimate of drug-likeness (QED) is 0.535. The van der Waals surface area contributed by atoms with E-state index in [-0.39, 0.29) is 12.2 Å². The van der Waals surface area contributed by atoms with Crippen LogP contribution < -0.4 is 0 Å². The summed E-state index contributed by atoms with van der Waals surface area (Å²) in [5, 5.41) is 0. The number of halogens is 7. The van der Waals surface area contributed by atoms with Gasteiger partial charge >= 0.3 is 24.0 Å². The molecule has 2 nitrogen and oxygen atoms in total. The maximum atomic E-state index is 13.6. The molecule has 0 saturated carbocycles. The van der Waals surface area contributed by atoms with E-state index in [1.165, 1.54) is 31.2 Å². The number of hydrogen-bond acceptors (Lipinski definition) is 2. The van der Waals surface area contributed by atoms with Crippen molar-refractivity contribution in [2.45, 2.75) is 44.2 Å². The first-order valence-corrected chi connectivity index (χ1v) is 6.89. The molecule has 1 rings (SSSR count). The van der Waals surface area contributed by atoms with Crippen LogP contribution in [0.25, 0.3) is 0 Å². The number of aryl methyl sites for hydroxylation is 1. The van der Waals surface area contributed by atoms with Gasteiger partial charge in [0.25, 0.3) is 0 Å². The predicted octanol–water partition coefficient (Wildman–Crippen LogP) is 4.86. The molecule has 0 spiro atoms. The molecule has 0 amide bonds. The van der Waals surface area contributed by atoms with E-state index < -0.39 is 36.3 Å². The number of esters is 1. The minimum atomic E-state index is -6.44. The van der Waals surface area contributed by atoms with Gasteiger partial charge in [-0.25, -0.2) is 0 Å². The molecular formula is C15H15F7O2. The standard InChI is InChI=1S/C15H15F7O2/c1-3-24-12(23)11(10-6-4-9(2)5-7-10)8-13(16,17)14(18,19)15(20,21)22/h4-7,11H,3,8H2,1-2H3. The van der Waals surface area contributed by atoms with Crippen LogP contribution in [0.15, 0.2) is 24.3 Å². The Balaban J connectivity index is 3.21. The molecule has 1 aromatic rings. The van der Waals surface area contributed by atoms with Crippen LogP contribution in [0.1, 0.15) is 30.4 Å². The van der Waals surface area contributed by atoms with Crippen molar-refractivity contribution in [3.05, 3.63) is 35.4 Å². The molecule has 0 bridgehead atoms. The lowest BCUT2D eigenvalue weighted by Gasteiger charge is -2.30. The van der Waals surface area contributed by atoms with Gasteiger partial charge < -0.3 is 4.74 Å². The van der Waals surface area contributed by atoms with Gasteiger partial charge in [-0.2, -0.15) is 30.7 Å². The first-order valence-electron chi connectivity index (χ1n) is 6.89. The summed E-state index contributed by atoms with van der Waals surface area (Å²) in [7, 11) is 0. The number of benzene rings is 1. The molecule has 0 aromatic heterocycles. The predicted molar refractivity (Wildman–Crippen MR) is 71.1 cm³/mol. The normalized spacial score (nSPS) is 14.4. The minimum Gasteiger partial charge on any atom is -0.466 e. The summed E-state index contributed by atoms with van der Waals surface area (Å²) in [6.45, 7) is 2.77. The smallest absolute Gasteiger partial charge is 0.459 e. The molecule has 0 radical (unpaired) electrons. The number of alkyl halides is 7. The number of hydrogen-bond donors (Lipinski definition) is 0. The van der Waals surface area contributed by atoms with Crippen LogP contribution in [-0.2, 0) is 9.53 Å². The van der Waals surface area contributed by atoms with Gasteiger partial charge in [0, 0.05) is 6.42 Å². The fourth-order valence-corrected chi connectivity index (χ4v) is 1.97. The molecular weight excluding hydrogens is 345 g/mol. The molecule has 0 aliphatic heterocycles. The van der Waals surface area contributed by atoms with Crippen molar-refractivity contribution in [2.75, 3.05) is 6.61 Å². The lowest BCUT2D eigenvalue weighted by atomic mass is 9.89. The molecule has 1 aromatic carbocycles. The highest BCUT2D eigenvalue weighted by Crippen LogP contribution is 2.50. The fraction of sp³-hybridized carbons (Fsp3) is 0.533. The van der Waals surface area contributed by atoms with Crippen molar-refractivity contribution < 1.29 is 40.3 Å². The second kappa shape index (κ2) is 6.98. The zero-order valence-electron chi connectivity index (χ0n) is 12.8. The number of rotatable bonds is 6. The summed E-state index contributed by atoms with van der Waals surface area (Å²) in [6.07, 6.45) is -8.47. The molecule has 1 atom stereocenters. The first kappa shape index (κ1) is 20.2. The molecule has 1 unspecified atom stereocenters. The zero-order chi connectivity index (χ0) is 18.8. The summed E-state index contributed by atoms with van der Waals surface area (Å²) in [5.41, 5.74) is 0.561. The Bertz CT molecular complexity index is 564. The van der Waals surface area contributed by atoms with Gasteiger partial charge in [0.15, 0.2) is 0 Å². The Labute approximate surface area is 133 Å². The minimum absolute atomic E-state index is 0.128. The van der Waals surface area contributed by atoms with E-state index in [1.54, 1.807) is 6.92 Å². The van der Waals surface area contributed by atoms with Crippen molar-refractivity contribution in [3.63, 3.8) is 0 Å². The van der Waals surface area contributed by atoms with Crippen LogP contribution in [-0.4, -0.2) is 30.6 Å². The highest BCUT2D eigenvalue weighted by atomic mass is 19.4. The van der Waals surface area contributed by atoms with Crippen LogP contribution in [0, 0.1) is 6.92 Å². The van der Waals surface area contributed by atoms with Crippen molar-refractivity contribution in [1.29, 1.82) is 0 Å². The van der Waals surface area contributed by atoms with E-state index in [9.17, 15) is 35.5 Å². The van der Waals surface area contributed by atoms with Gasteiger partial charge in [0.2, 0.25) is 0 Å². The van der Waals surface area contributed by atoms with E-state index >= 15 is 0 Å². The summed E-state index contributed by atoms with van der Waals surface area (Å²) >= 11 is 0. The molecule has 0 heterocycles. The molecule has 0 N–H and O–H groups in total. The Hall–Kier alpha value is -1.80. The molecule has 24 heavy (non-hydrogen) atoms. The van der Waals surface area contributed by atoms with E-state index in [2.05, 4.69) is 4.74 Å². The lowest BCUT2D eigenvalue weighted by molar-refractivity contribution is -0.356. The van der Waals surface area contributed by atoms with Crippen LogP contribution >= 0.6 is 0 Å². The Kier molecular flexibility index (Phi) is 5.89. The van der Waals surface area contributed by atoms with Crippen LogP contribution in [0.3, 0.4) is 0 Å². The monoisotopic (exact) mass is 360 g/mol. The van der Waals surface area contributed by atoms with Crippen LogP contribution in [0.2, 0.25) is 0 Å². The second-order valence-electron chi connectivity index (χ2n) is 5.20. The van der Waals surface area contributed by atoms with Crippen molar-refractivity contribution in [3.8, 4) is 0 Å². The average molecular weight is 360 g/mol. The average Bonchev–Trinajstić information content (AvgIpc) is 2.44. The highest BCUT2D eigenvalue weighted by molar-refractivity contribution is 5.78. The molecule has 0 aliphatic carbocycles. The number of carbonyl (C=O) groups is 1.